The van der Waals surface area contributed by atoms with Crippen LogP contribution in [0.4, 0.5) is 5.69 Å². The first kappa shape index (κ1) is 20.3. The van der Waals surface area contributed by atoms with Crippen LogP contribution in [0.2, 0.25) is 5.02 Å². The molecule has 1 heterocycles. The lowest BCUT2D eigenvalue weighted by atomic mass is 10.2. The van der Waals surface area contributed by atoms with Crippen LogP contribution in [0, 0.1) is 0 Å². The van der Waals surface area contributed by atoms with E-state index in [-0.39, 0.29) is 6.54 Å². The van der Waals surface area contributed by atoms with Crippen LogP contribution >= 0.6 is 38.9 Å². The molecule has 0 aliphatic heterocycles. The molecule has 2 amide bonds. The number of benzene rings is 2. The van der Waals surface area contributed by atoms with Crippen molar-refractivity contribution in [2.45, 2.75) is 0 Å². The van der Waals surface area contributed by atoms with E-state index in [9.17, 15) is 14.4 Å². The molecule has 2 N–H and O–H groups in total. The third-order valence-electron chi connectivity index (χ3n) is 3.63. The number of thiophene rings is 1. The van der Waals surface area contributed by atoms with Gasteiger partial charge in [-0.15, -0.1) is 11.3 Å². The van der Waals surface area contributed by atoms with Gasteiger partial charge in [-0.25, -0.2) is 0 Å². The lowest BCUT2D eigenvalue weighted by Crippen LogP contribution is -2.32. The lowest BCUT2D eigenvalue weighted by molar-refractivity contribution is -0.146. The van der Waals surface area contributed by atoms with Crippen LogP contribution in [0.5, 0.6) is 0 Å². The Bertz CT molecular complexity index is 1040. The van der Waals surface area contributed by atoms with Gasteiger partial charge in [-0.1, -0.05) is 45.7 Å². The van der Waals surface area contributed by atoms with Crippen molar-refractivity contribution in [3.63, 3.8) is 0 Å². The van der Waals surface area contributed by atoms with Gasteiger partial charge in [0.25, 0.3) is 11.8 Å². The molecule has 2 aromatic carbocycles. The molecular formula is C19H14BrClN2O4S. The molecule has 0 aliphatic carbocycles. The number of ether oxygens (including phenoxy) is 1. The van der Waals surface area contributed by atoms with Crippen LogP contribution in [-0.4, -0.2) is 30.9 Å². The summed E-state index contributed by atoms with van der Waals surface area (Å²) < 4.78 is 6.63. The van der Waals surface area contributed by atoms with Crippen molar-refractivity contribution in [2.24, 2.45) is 0 Å². The van der Waals surface area contributed by atoms with Gasteiger partial charge in [0.1, 0.15) is 11.4 Å². The summed E-state index contributed by atoms with van der Waals surface area (Å²) in [6.07, 6.45) is 0. The molecule has 3 aromatic rings. The molecule has 0 radical (unpaired) electrons. The van der Waals surface area contributed by atoms with E-state index in [1.54, 1.807) is 24.3 Å². The topological polar surface area (TPSA) is 84.5 Å². The number of carbonyl (C=O) groups excluding carboxylic acids is 3. The van der Waals surface area contributed by atoms with Crippen molar-refractivity contribution in [3.05, 3.63) is 62.9 Å². The van der Waals surface area contributed by atoms with Crippen LogP contribution in [0.15, 0.2) is 53.0 Å². The Labute approximate surface area is 178 Å². The van der Waals surface area contributed by atoms with E-state index < -0.39 is 24.4 Å². The molecule has 3 rings (SSSR count). The number of carbonyl (C=O) groups is 3. The number of hydrogen-bond donors (Lipinski definition) is 2. The zero-order chi connectivity index (χ0) is 20.1. The zero-order valence-electron chi connectivity index (χ0n) is 14.3. The summed E-state index contributed by atoms with van der Waals surface area (Å²) in [6.45, 7) is -0.816. The summed E-state index contributed by atoms with van der Waals surface area (Å²) in [5, 5.41) is 6.18. The van der Waals surface area contributed by atoms with Gasteiger partial charge in [-0.2, -0.15) is 0 Å². The molecular weight excluding hydrogens is 468 g/mol. The van der Waals surface area contributed by atoms with Crippen molar-refractivity contribution < 1.29 is 19.1 Å². The van der Waals surface area contributed by atoms with E-state index in [2.05, 4.69) is 26.6 Å². The minimum atomic E-state index is -0.725. The fourth-order valence-corrected chi connectivity index (χ4v) is 4.02. The highest BCUT2D eigenvalue weighted by molar-refractivity contribution is 9.10. The summed E-state index contributed by atoms with van der Waals surface area (Å²) in [5.74, 6) is -1.67. The Morgan fingerprint density at radius 1 is 1.07 bits per heavy atom. The Balaban J connectivity index is 1.47. The molecule has 0 fully saturated rings. The molecule has 0 bridgehead atoms. The standard InChI is InChI=1S/C19H14BrClN2O4S/c20-11-5-7-12(8-6-11)23-15(24)10-27-16(25)9-22-19(26)18-17(21)13-3-1-2-4-14(13)28-18/h1-8H,9-10H2,(H,22,26)(H,23,24). The predicted octanol–water partition coefficient (Wildman–Crippen LogP) is 4.23. The van der Waals surface area contributed by atoms with E-state index in [1.807, 2.05) is 24.3 Å². The quantitative estimate of drug-likeness (QED) is 0.516. The van der Waals surface area contributed by atoms with Gasteiger partial charge in [0.15, 0.2) is 6.61 Å². The van der Waals surface area contributed by atoms with Crippen LogP contribution < -0.4 is 10.6 Å². The molecule has 144 valence electrons. The summed E-state index contributed by atoms with van der Waals surface area (Å²) in [5.41, 5.74) is 0.581. The second kappa shape index (κ2) is 9.18. The highest BCUT2D eigenvalue weighted by Gasteiger charge is 2.18. The molecule has 9 heteroatoms. The molecule has 0 aliphatic rings. The molecule has 0 atom stereocenters. The summed E-state index contributed by atoms with van der Waals surface area (Å²) in [7, 11) is 0. The number of fused-ring (bicyclic) bond motifs is 1. The van der Waals surface area contributed by atoms with Crippen molar-refractivity contribution in [3.8, 4) is 0 Å². The summed E-state index contributed by atoms with van der Waals surface area (Å²) in [6, 6.07) is 14.3. The molecule has 1 aromatic heterocycles. The van der Waals surface area contributed by atoms with Gasteiger partial charge >= 0.3 is 5.97 Å². The lowest BCUT2D eigenvalue weighted by Gasteiger charge is -2.07. The molecule has 0 saturated carbocycles. The maximum absolute atomic E-state index is 12.3. The van der Waals surface area contributed by atoms with E-state index in [1.165, 1.54) is 11.3 Å². The van der Waals surface area contributed by atoms with Crippen molar-refractivity contribution >= 4 is 72.4 Å². The molecule has 0 saturated heterocycles. The second-order valence-electron chi connectivity index (χ2n) is 5.64. The number of rotatable bonds is 6. The average Bonchev–Trinajstić information content (AvgIpc) is 3.03. The Kier molecular flexibility index (Phi) is 6.66. The van der Waals surface area contributed by atoms with E-state index >= 15 is 0 Å². The minimum absolute atomic E-state index is 0.323. The first-order chi connectivity index (χ1) is 13.4. The Morgan fingerprint density at radius 3 is 2.50 bits per heavy atom. The van der Waals surface area contributed by atoms with Crippen molar-refractivity contribution in [1.29, 1.82) is 0 Å². The molecule has 28 heavy (non-hydrogen) atoms. The number of anilines is 1. The number of hydrogen-bond acceptors (Lipinski definition) is 5. The Hall–Kier alpha value is -2.42. The highest BCUT2D eigenvalue weighted by atomic mass is 79.9. The number of nitrogens with one attached hydrogen (secondary N) is 2. The smallest absolute Gasteiger partial charge is 0.325 e. The third kappa shape index (κ3) is 5.09. The highest BCUT2D eigenvalue weighted by Crippen LogP contribution is 2.34. The number of esters is 1. The van der Waals surface area contributed by atoms with Gasteiger partial charge in [-0.3, -0.25) is 14.4 Å². The second-order valence-corrected chi connectivity index (χ2v) is 7.99. The van der Waals surface area contributed by atoms with E-state index in [0.29, 0.717) is 15.6 Å². The SMILES string of the molecule is O=C(COC(=O)CNC(=O)c1sc2ccccc2c1Cl)Nc1ccc(Br)cc1. The molecule has 0 spiro atoms. The van der Waals surface area contributed by atoms with Crippen LogP contribution in [0.25, 0.3) is 10.1 Å². The van der Waals surface area contributed by atoms with Gasteiger partial charge in [-0.05, 0) is 30.3 Å². The summed E-state index contributed by atoms with van der Waals surface area (Å²) in [4.78, 5) is 36.2. The van der Waals surface area contributed by atoms with Gasteiger partial charge in [0.05, 0.1) is 5.02 Å². The Morgan fingerprint density at radius 2 is 1.79 bits per heavy atom. The maximum atomic E-state index is 12.3. The van der Waals surface area contributed by atoms with Crippen LogP contribution in [0.1, 0.15) is 9.67 Å². The van der Waals surface area contributed by atoms with Gasteiger partial charge < -0.3 is 15.4 Å². The fourth-order valence-electron chi connectivity index (χ4n) is 2.32. The van der Waals surface area contributed by atoms with Gasteiger partial charge in [0, 0.05) is 20.2 Å². The van der Waals surface area contributed by atoms with E-state index in [4.69, 9.17) is 16.3 Å². The fraction of sp³-hybridized carbons (Fsp3) is 0.105. The first-order valence-electron chi connectivity index (χ1n) is 8.10. The average molecular weight is 482 g/mol. The van der Waals surface area contributed by atoms with E-state index in [0.717, 1.165) is 14.6 Å². The van der Waals surface area contributed by atoms with Gasteiger partial charge in [0.2, 0.25) is 0 Å². The first-order valence-corrected chi connectivity index (χ1v) is 10.1. The van der Waals surface area contributed by atoms with Crippen molar-refractivity contribution in [2.75, 3.05) is 18.5 Å². The third-order valence-corrected chi connectivity index (χ3v) is 5.83. The largest absolute Gasteiger partial charge is 0.454 e. The van der Waals surface area contributed by atoms with Crippen LogP contribution in [-0.2, 0) is 14.3 Å². The predicted molar refractivity (Wildman–Crippen MR) is 113 cm³/mol. The zero-order valence-corrected chi connectivity index (χ0v) is 17.5. The normalized spacial score (nSPS) is 10.5. The number of amides is 2. The molecule has 6 nitrogen and oxygen atoms in total. The number of halogens is 2. The molecule has 0 unspecified atom stereocenters. The van der Waals surface area contributed by atoms with Crippen LogP contribution in [0.3, 0.4) is 0 Å². The minimum Gasteiger partial charge on any atom is -0.454 e. The maximum Gasteiger partial charge on any atom is 0.325 e. The summed E-state index contributed by atoms with van der Waals surface area (Å²) >= 11 is 10.8. The monoisotopic (exact) mass is 480 g/mol. The van der Waals surface area contributed by atoms with Crippen molar-refractivity contribution in [1.82, 2.24) is 5.32 Å².